The average molecular weight is 1670 g/mol. The largest absolute Gasteiger partial charge is 0.394 e. The fourth-order valence-electron chi connectivity index (χ4n) is 11.3. The summed E-state index contributed by atoms with van der Waals surface area (Å²) in [6.45, 7) is -10.1. The molecule has 0 radical (unpaired) electrons. The van der Waals surface area contributed by atoms with Crippen LogP contribution in [-0.4, -0.2) is 571 Å². The zero-order chi connectivity index (χ0) is 85.7. The van der Waals surface area contributed by atoms with Crippen LogP contribution >= 0.6 is 0 Å². The predicted octanol–water partition coefficient (Wildman–Crippen LogP) is -27.3. The maximum absolute atomic E-state index is 10.00. The Kier molecular flexibility index (Phi) is 44.0. The molecule has 43 atom stereocenters. The zero-order valence-electron chi connectivity index (χ0n) is 58.7. The standard InChI is InChI=1S/4C12H22O11.C6H12O6.C4H10O4/c3*13-1-4-6(16)8(18)9(19)11(21-4)23-12(3-15)10(20)7(17)5(2-14)22-12;13-1-3-5(15)6(16)9(19)12(22-3)23-10-4(2-14)21-11(20)8(18)7(10)17;7-1-3(9)5(11)6(12)4(10)2-8;5-1-3(7)4(8)2-6/h3*4-11,13-20H,1-3H2;3-20H,1-2H2;1,3-6,8-12H,2H2;3-8H,1-2H2/t3*4-,5-,6-,7-,8+,9-,10+,11-,12+;3-,4-,5+,6+,7-,8-,9-,10-,11-,12+;3-,4+,5+,6+;/m11110./s1. The van der Waals surface area contributed by atoms with E-state index in [0.717, 1.165) is 0 Å². The van der Waals surface area contributed by atoms with E-state index in [9.17, 15) is 132 Å². The van der Waals surface area contributed by atoms with Gasteiger partial charge in [0.25, 0.3) is 0 Å². The Hall–Kier alpha value is -2.45. The summed E-state index contributed by atoms with van der Waals surface area (Å²) in [6.07, 6.45) is -62.8. The van der Waals surface area contributed by atoms with Crippen molar-refractivity contribution in [2.24, 2.45) is 0 Å². The van der Waals surface area contributed by atoms with Gasteiger partial charge in [-0.2, -0.15) is 0 Å². The molecule has 54 heteroatoms. The number of aliphatic hydroxyl groups excluding tert-OH is 41. The molecular weight excluding hydrogens is 1560 g/mol. The van der Waals surface area contributed by atoms with Crippen molar-refractivity contribution >= 4 is 6.29 Å². The lowest BCUT2D eigenvalue weighted by atomic mass is 9.97. The highest BCUT2D eigenvalue weighted by molar-refractivity contribution is 5.56. The normalized spacial score (nSPS) is 45.7. The SMILES string of the molecule is O=C[C@H](O)[C@@H](O)[C@H](O)[C@H](O)CO.OCC(O)C(O)CO.OC[C@H]1O[C@@H](O[C@H]2[C@H](O)[C@@H](O)[C@H](O)O[C@@H]2CO)[C@H](O)[C@@H](O)[C@H]1O.OC[C@H]1O[C@@](CO)(O[C@H]2O[C@H](CO)[C@@H](O)[C@H](O)[C@H]2O)[C@@H](O)[C@@H]1O.OC[C@H]1O[C@@](CO)(O[C@H]2O[C@H](CO)[C@@H](O)[C@H](O)[C@H]2O)[C@@H](O)[C@@H]1O.OC[C@H]1O[C@@](CO)(O[C@H]2O[C@H](CO)[C@@H](O)[C@H](O)[C@H]2O)[C@@H](O)[C@@H]1O. The minimum absolute atomic E-state index is 0.0258. The van der Waals surface area contributed by atoms with E-state index in [0.29, 0.717) is 0 Å². The highest BCUT2D eigenvalue weighted by Gasteiger charge is 2.62. The molecule has 8 rings (SSSR count). The predicted molar refractivity (Wildman–Crippen MR) is 338 cm³/mol. The van der Waals surface area contributed by atoms with E-state index in [1.54, 1.807) is 0 Å². The number of hydrogen-bond acceptors (Lipinski definition) is 54. The van der Waals surface area contributed by atoms with Gasteiger partial charge in [0.1, 0.15) is 233 Å². The molecule has 8 aliphatic rings. The monoisotopic (exact) mass is 1670 g/mol. The Labute approximate surface area is 631 Å². The van der Waals surface area contributed by atoms with Gasteiger partial charge >= 0.3 is 0 Å². The first-order valence-corrected chi connectivity index (χ1v) is 33.9. The van der Waals surface area contributed by atoms with Gasteiger partial charge in [0.15, 0.2) is 37.7 Å². The maximum atomic E-state index is 10.00. The van der Waals surface area contributed by atoms with Gasteiger partial charge in [-0.25, -0.2) is 0 Å². The third kappa shape index (κ3) is 24.7. The van der Waals surface area contributed by atoms with Crippen molar-refractivity contribution in [3.8, 4) is 0 Å². The third-order valence-electron chi connectivity index (χ3n) is 18.4. The Morgan fingerprint density at radius 1 is 0.277 bits per heavy atom. The Balaban J connectivity index is 0.000000358. The molecule has 0 saturated carbocycles. The number of carbonyl (C=O) groups excluding carboxylic acids is 1. The van der Waals surface area contributed by atoms with Gasteiger partial charge in [-0.3, -0.25) is 0 Å². The van der Waals surface area contributed by atoms with Gasteiger partial charge in [-0.05, 0) is 0 Å². The van der Waals surface area contributed by atoms with Crippen LogP contribution in [0, 0.1) is 0 Å². The first-order valence-electron chi connectivity index (χ1n) is 33.9. The third-order valence-corrected chi connectivity index (χ3v) is 18.4. The number of ether oxygens (including phenoxy) is 12. The zero-order valence-corrected chi connectivity index (χ0v) is 58.7. The molecule has 0 spiro atoms. The summed E-state index contributed by atoms with van der Waals surface area (Å²) in [7, 11) is 0. The van der Waals surface area contributed by atoms with Crippen LogP contribution in [0.1, 0.15) is 0 Å². The highest BCUT2D eigenvalue weighted by atomic mass is 16.8. The molecule has 0 aromatic carbocycles. The Morgan fingerprint density at radius 2 is 0.536 bits per heavy atom. The van der Waals surface area contributed by atoms with E-state index in [1.807, 2.05) is 0 Å². The van der Waals surface area contributed by atoms with Gasteiger partial charge in [0.2, 0.25) is 17.4 Å². The van der Waals surface area contributed by atoms with E-state index in [2.05, 4.69) is 0 Å². The molecule has 2 unspecified atom stereocenters. The lowest BCUT2D eigenvalue weighted by Crippen LogP contribution is -2.64. The highest BCUT2D eigenvalue weighted by Crippen LogP contribution is 2.40. The van der Waals surface area contributed by atoms with E-state index in [1.165, 1.54) is 0 Å². The second kappa shape index (κ2) is 47.5. The van der Waals surface area contributed by atoms with Gasteiger partial charge in [0.05, 0.1) is 72.7 Å². The fraction of sp³-hybridized carbons (Fsp3) is 0.983. The molecule has 8 saturated heterocycles. The van der Waals surface area contributed by atoms with Crippen molar-refractivity contribution in [2.75, 3.05) is 92.5 Å². The lowest BCUT2D eigenvalue weighted by molar-refractivity contribution is -0.383. The summed E-state index contributed by atoms with van der Waals surface area (Å²) in [4.78, 5) is 9.90. The van der Waals surface area contributed by atoms with Crippen molar-refractivity contribution < 1.29 is 271 Å². The maximum Gasteiger partial charge on any atom is 0.224 e. The molecule has 0 amide bonds. The average Bonchev–Trinajstić information content (AvgIpc) is 1.61. The molecular formula is C58H110O54. The van der Waals surface area contributed by atoms with Gasteiger partial charge in [-0.15, -0.1) is 0 Å². The van der Waals surface area contributed by atoms with E-state index >= 15 is 0 Å². The Bertz CT molecular complexity index is 2390. The van der Waals surface area contributed by atoms with Crippen LogP contribution in [0.5, 0.6) is 0 Å². The molecule has 112 heavy (non-hydrogen) atoms. The van der Waals surface area contributed by atoms with Crippen LogP contribution < -0.4 is 0 Å². The molecule has 54 nitrogen and oxygen atoms in total. The quantitative estimate of drug-likeness (QED) is 0.0340. The van der Waals surface area contributed by atoms with Crippen molar-refractivity contribution in [1.29, 1.82) is 0 Å². The number of carbonyl (C=O) groups is 1. The van der Waals surface area contributed by atoms with Crippen molar-refractivity contribution in [3.63, 3.8) is 0 Å². The van der Waals surface area contributed by atoms with Crippen LogP contribution in [0.3, 0.4) is 0 Å². The van der Waals surface area contributed by atoms with E-state index < -0.39 is 355 Å². The van der Waals surface area contributed by atoms with Crippen molar-refractivity contribution in [3.05, 3.63) is 0 Å². The molecule has 666 valence electrons. The summed E-state index contributed by atoms with van der Waals surface area (Å²) in [5.74, 6) is -6.67. The minimum atomic E-state index is -2.22. The number of aliphatic hydroxyl groups is 41. The number of hydrogen-bond donors (Lipinski definition) is 41. The number of rotatable bonds is 27. The topological polar surface area (TPSA) is 957 Å². The molecule has 0 aromatic rings. The lowest BCUT2D eigenvalue weighted by Gasteiger charge is -2.45. The minimum Gasteiger partial charge on any atom is -0.394 e. The summed E-state index contributed by atoms with van der Waals surface area (Å²) in [5.41, 5.74) is 0. The van der Waals surface area contributed by atoms with E-state index in [-0.39, 0.29) is 6.29 Å². The Morgan fingerprint density at radius 3 is 0.768 bits per heavy atom. The number of aldehydes is 1. The molecule has 0 aliphatic carbocycles. The van der Waals surface area contributed by atoms with Crippen LogP contribution in [0.25, 0.3) is 0 Å². The first kappa shape index (κ1) is 104. The molecule has 0 aromatic heterocycles. The summed E-state index contributed by atoms with van der Waals surface area (Å²) < 4.78 is 61.6. The van der Waals surface area contributed by atoms with Crippen LogP contribution in [0.15, 0.2) is 0 Å². The molecule has 8 fully saturated rings. The van der Waals surface area contributed by atoms with Crippen LogP contribution in [0.4, 0.5) is 0 Å². The van der Waals surface area contributed by atoms with E-state index in [4.69, 9.17) is 139 Å². The van der Waals surface area contributed by atoms with Crippen molar-refractivity contribution in [2.45, 2.75) is 262 Å². The first-order chi connectivity index (χ1) is 52.5. The smallest absolute Gasteiger partial charge is 0.224 e. The molecule has 8 heterocycles. The van der Waals surface area contributed by atoms with Gasteiger partial charge in [0, 0.05) is 0 Å². The summed E-state index contributed by atoms with van der Waals surface area (Å²) in [6, 6.07) is 0. The van der Waals surface area contributed by atoms with Gasteiger partial charge in [-0.1, -0.05) is 0 Å². The second-order valence-corrected chi connectivity index (χ2v) is 26.1. The van der Waals surface area contributed by atoms with Crippen molar-refractivity contribution in [1.82, 2.24) is 0 Å². The molecule has 8 aliphatic heterocycles. The second-order valence-electron chi connectivity index (χ2n) is 26.1. The summed E-state index contributed by atoms with van der Waals surface area (Å²) >= 11 is 0. The molecule has 0 bridgehead atoms. The van der Waals surface area contributed by atoms with Gasteiger partial charge < -0.3 is 271 Å². The molecule has 41 N–H and O–H groups in total. The summed E-state index contributed by atoms with van der Waals surface area (Å²) in [5, 5.41) is 383. The van der Waals surface area contributed by atoms with Crippen LogP contribution in [-0.2, 0) is 61.6 Å². The fourth-order valence-corrected chi connectivity index (χ4v) is 11.3. The van der Waals surface area contributed by atoms with Crippen LogP contribution in [0.2, 0.25) is 0 Å².